The van der Waals surface area contributed by atoms with E-state index in [4.69, 9.17) is 4.74 Å². The normalized spacial score (nSPS) is 25.1. The Kier molecular flexibility index (Phi) is 3.72. The number of anilines is 1. The van der Waals surface area contributed by atoms with Gasteiger partial charge in [-0.3, -0.25) is 0 Å². The molecule has 17 heavy (non-hydrogen) atoms. The molecule has 2 atom stereocenters. The summed E-state index contributed by atoms with van der Waals surface area (Å²) in [5.74, 6) is 0. The van der Waals surface area contributed by atoms with E-state index in [0.717, 1.165) is 19.5 Å². The summed E-state index contributed by atoms with van der Waals surface area (Å²) < 4.78 is 5.77. The Labute approximate surface area is 105 Å². The molecule has 0 radical (unpaired) electrons. The fourth-order valence-corrected chi connectivity index (χ4v) is 2.66. The van der Waals surface area contributed by atoms with Crippen molar-refractivity contribution in [3.8, 4) is 0 Å². The van der Waals surface area contributed by atoms with Crippen LogP contribution in [0.2, 0.25) is 0 Å². The molecule has 1 saturated heterocycles. The van der Waals surface area contributed by atoms with Crippen LogP contribution in [0.5, 0.6) is 0 Å². The lowest BCUT2D eigenvalue weighted by atomic mass is 10.0. The minimum absolute atomic E-state index is 0.324. The standard InChI is InChI=1S/C15H23NO/c1-5-14-6-7-15(8-11(14)2)16-9-12(3)17-13(4)10-16/h6-8,12-13H,5,9-10H2,1-4H3/t12-,13+. The highest BCUT2D eigenvalue weighted by atomic mass is 16.5. The van der Waals surface area contributed by atoms with Gasteiger partial charge < -0.3 is 9.64 Å². The maximum atomic E-state index is 5.77. The summed E-state index contributed by atoms with van der Waals surface area (Å²) in [5.41, 5.74) is 4.18. The Morgan fingerprint density at radius 2 is 1.88 bits per heavy atom. The van der Waals surface area contributed by atoms with Crippen molar-refractivity contribution in [2.75, 3.05) is 18.0 Å². The molecule has 0 spiro atoms. The van der Waals surface area contributed by atoms with E-state index in [1.165, 1.54) is 16.8 Å². The minimum atomic E-state index is 0.324. The first kappa shape index (κ1) is 12.4. The van der Waals surface area contributed by atoms with Crippen molar-refractivity contribution >= 4 is 5.69 Å². The van der Waals surface area contributed by atoms with Crippen LogP contribution in [0, 0.1) is 6.92 Å². The first-order valence-electron chi connectivity index (χ1n) is 6.60. The molecule has 0 amide bonds. The van der Waals surface area contributed by atoms with E-state index in [9.17, 15) is 0 Å². The van der Waals surface area contributed by atoms with Gasteiger partial charge in [-0.15, -0.1) is 0 Å². The van der Waals surface area contributed by atoms with Gasteiger partial charge >= 0.3 is 0 Å². The molecule has 1 heterocycles. The van der Waals surface area contributed by atoms with Crippen LogP contribution in [-0.4, -0.2) is 25.3 Å². The summed E-state index contributed by atoms with van der Waals surface area (Å²) in [6.45, 7) is 10.7. The van der Waals surface area contributed by atoms with E-state index < -0.39 is 0 Å². The van der Waals surface area contributed by atoms with Gasteiger partial charge in [-0.1, -0.05) is 13.0 Å². The van der Waals surface area contributed by atoms with Crippen molar-refractivity contribution < 1.29 is 4.74 Å². The summed E-state index contributed by atoms with van der Waals surface area (Å²) in [6.07, 6.45) is 1.76. The topological polar surface area (TPSA) is 12.5 Å². The van der Waals surface area contributed by atoms with Crippen LogP contribution in [0.1, 0.15) is 31.9 Å². The fraction of sp³-hybridized carbons (Fsp3) is 0.600. The van der Waals surface area contributed by atoms with Gasteiger partial charge in [0.1, 0.15) is 0 Å². The second-order valence-electron chi connectivity index (χ2n) is 5.13. The van der Waals surface area contributed by atoms with Crippen molar-refractivity contribution in [1.82, 2.24) is 0 Å². The van der Waals surface area contributed by atoms with Crippen molar-refractivity contribution in [3.05, 3.63) is 29.3 Å². The Bertz CT molecular complexity index is 379. The average molecular weight is 233 g/mol. The smallest absolute Gasteiger partial charge is 0.0726 e. The SMILES string of the molecule is CCc1ccc(N2C[C@@H](C)O[C@@H](C)C2)cc1C. The van der Waals surface area contributed by atoms with Gasteiger partial charge in [-0.25, -0.2) is 0 Å². The van der Waals surface area contributed by atoms with Crippen LogP contribution < -0.4 is 4.90 Å². The number of nitrogens with zero attached hydrogens (tertiary/aromatic N) is 1. The molecular formula is C15H23NO. The van der Waals surface area contributed by atoms with Gasteiger partial charge in [0.25, 0.3) is 0 Å². The van der Waals surface area contributed by atoms with E-state index in [2.05, 4.69) is 50.8 Å². The highest BCUT2D eigenvalue weighted by molar-refractivity contribution is 5.51. The maximum Gasteiger partial charge on any atom is 0.0726 e. The quantitative estimate of drug-likeness (QED) is 0.778. The zero-order valence-corrected chi connectivity index (χ0v) is 11.4. The van der Waals surface area contributed by atoms with Crippen molar-refractivity contribution in [1.29, 1.82) is 0 Å². The Morgan fingerprint density at radius 1 is 1.24 bits per heavy atom. The van der Waals surface area contributed by atoms with Gasteiger partial charge in [-0.2, -0.15) is 0 Å². The molecule has 1 aromatic carbocycles. The van der Waals surface area contributed by atoms with Crippen LogP contribution >= 0.6 is 0 Å². The summed E-state index contributed by atoms with van der Waals surface area (Å²) in [7, 11) is 0. The molecule has 2 heteroatoms. The van der Waals surface area contributed by atoms with Crippen LogP contribution in [0.4, 0.5) is 5.69 Å². The molecule has 0 N–H and O–H groups in total. The maximum absolute atomic E-state index is 5.77. The summed E-state index contributed by atoms with van der Waals surface area (Å²) >= 11 is 0. The van der Waals surface area contributed by atoms with E-state index in [1.807, 2.05) is 0 Å². The molecule has 0 unspecified atom stereocenters. The Morgan fingerprint density at radius 3 is 2.41 bits per heavy atom. The molecule has 1 aliphatic heterocycles. The molecule has 1 aromatic rings. The monoisotopic (exact) mass is 233 g/mol. The molecule has 94 valence electrons. The predicted octanol–water partition coefficient (Wildman–Crippen LogP) is 3.17. The van der Waals surface area contributed by atoms with Gasteiger partial charge in [0.2, 0.25) is 0 Å². The second kappa shape index (κ2) is 5.09. The lowest BCUT2D eigenvalue weighted by molar-refractivity contribution is -0.00522. The van der Waals surface area contributed by atoms with Crippen molar-refractivity contribution in [2.24, 2.45) is 0 Å². The first-order valence-corrected chi connectivity index (χ1v) is 6.60. The van der Waals surface area contributed by atoms with Gasteiger partial charge in [0.15, 0.2) is 0 Å². The van der Waals surface area contributed by atoms with Crippen LogP contribution in [0.15, 0.2) is 18.2 Å². The van der Waals surface area contributed by atoms with E-state index in [-0.39, 0.29) is 0 Å². The third kappa shape index (κ3) is 2.81. The summed E-state index contributed by atoms with van der Waals surface area (Å²) in [4.78, 5) is 2.44. The first-order chi connectivity index (χ1) is 8.10. The zero-order chi connectivity index (χ0) is 12.4. The predicted molar refractivity (Wildman–Crippen MR) is 72.8 cm³/mol. The van der Waals surface area contributed by atoms with Crippen LogP contribution in [0.25, 0.3) is 0 Å². The number of benzene rings is 1. The highest BCUT2D eigenvalue weighted by Crippen LogP contribution is 2.23. The summed E-state index contributed by atoms with van der Waals surface area (Å²) in [5, 5.41) is 0. The summed E-state index contributed by atoms with van der Waals surface area (Å²) in [6, 6.07) is 6.82. The van der Waals surface area contributed by atoms with Gasteiger partial charge in [0.05, 0.1) is 12.2 Å². The Hall–Kier alpha value is -1.02. The van der Waals surface area contributed by atoms with E-state index in [1.54, 1.807) is 0 Å². The van der Waals surface area contributed by atoms with E-state index in [0.29, 0.717) is 12.2 Å². The zero-order valence-electron chi connectivity index (χ0n) is 11.4. The lowest BCUT2D eigenvalue weighted by Crippen LogP contribution is -2.45. The molecule has 0 aromatic heterocycles. The van der Waals surface area contributed by atoms with Gasteiger partial charge in [0, 0.05) is 18.8 Å². The number of ether oxygens (including phenoxy) is 1. The highest BCUT2D eigenvalue weighted by Gasteiger charge is 2.22. The number of aryl methyl sites for hydroxylation is 2. The third-order valence-electron chi connectivity index (χ3n) is 3.49. The average Bonchev–Trinajstić information content (AvgIpc) is 2.27. The van der Waals surface area contributed by atoms with Gasteiger partial charge in [-0.05, 0) is 50.5 Å². The lowest BCUT2D eigenvalue weighted by Gasteiger charge is -2.37. The molecule has 0 bridgehead atoms. The number of morpholine rings is 1. The largest absolute Gasteiger partial charge is 0.372 e. The minimum Gasteiger partial charge on any atom is -0.372 e. The molecule has 0 aliphatic carbocycles. The van der Waals surface area contributed by atoms with Crippen molar-refractivity contribution in [2.45, 2.75) is 46.3 Å². The number of hydrogen-bond donors (Lipinski definition) is 0. The van der Waals surface area contributed by atoms with Crippen LogP contribution in [0.3, 0.4) is 0 Å². The number of rotatable bonds is 2. The third-order valence-corrected chi connectivity index (χ3v) is 3.49. The molecule has 2 nitrogen and oxygen atoms in total. The van der Waals surface area contributed by atoms with E-state index >= 15 is 0 Å². The molecule has 1 fully saturated rings. The molecule has 1 aliphatic rings. The molecular weight excluding hydrogens is 210 g/mol. The second-order valence-corrected chi connectivity index (χ2v) is 5.13. The fourth-order valence-electron chi connectivity index (χ4n) is 2.66. The molecule has 2 rings (SSSR count). The van der Waals surface area contributed by atoms with Crippen LogP contribution in [-0.2, 0) is 11.2 Å². The number of hydrogen-bond acceptors (Lipinski definition) is 2. The van der Waals surface area contributed by atoms with Crippen molar-refractivity contribution in [3.63, 3.8) is 0 Å². The molecule has 0 saturated carbocycles. The Balaban J connectivity index is 2.19.